The number of hydrogen-bond acceptors (Lipinski definition) is 3. The molecule has 0 spiro atoms. The Balaban J connectivity index is 2.68. The topological polar surface area (TPSA) is 38.8 Å². The second kappa shape index (κ2) is 4.83. The molecule has 0 N–H and O–H groups in total. The summed E-state index contributed by atoms with van der Waals surface area (Å²) >= 11 is 0. The van der Waals surface area contributed by atoms with Gasteiger partial charge in [-0.25, -0.2) is 0 Å². The van der Waals surface area contributed by atoms with Crippen LogP contribution in [0.1, 0.15) is 41.5 Å². The highest BCUT2D eigenvalue weighted by Gasteiger charge is 2.51. The Bertz CT molecular complexity index is 379. The van der Waals surface area contributed by atoms with Crippen molar-refractivity contribution in [1.82, 2.24) is 0 Å². The molecule has 19 heavy (non-hydrogen) atoms. The molecule has 1 fully saturated rings. The van der Waals surface area contributed by atoms with E-state index in [2.05, 4.69) is 47.7 Å². The lowest BCUT2D eigenvalue weighted by molar-refractivity contribution is -0.111. The van der Waals surface area contributed by atoms with Crippen LogP contribution in [0.5, 0.6) is 0 Å². The van der Waals surface area contributed by atoms with Crippen LogP contribution in [0.15, 0.2) is 12.2 Å². The van der Waals surface area contributed by atoms with Crippen LogP contribution in [0.2, 0.25) is 18.1 Å². The predicted molar refractivity (Wildman–Crippen MR) is 80.8 cm³/mol. The van der Waals surface area contributed by atoms with Crippen LogP contribution in [0.4, 0.5) is 0 Å². The van der Waals surface area contributed by atoms with E-state index >= 15 is 0 Å². The van der Waals surface area contributed by atoms with Crippen LogP contribution in [0.25, 0.3) is 0 Å². The van der Waals surface area contributed by atoms with Crippen molar-refractivity contribution in [2.75, 3.05) is 0 Å². The summed E-state index contributed by atoms with van der Waals surface area (Å²) in [6.45, 7) is 17.1. The number of carbonyl (C=O) groups is 1. The third-order valence-electron chi connectivity index (χ3n) is 4.12. The van der Waals surface area contributed by atoms with Crippen LogP contribution in [0, 0.1) is 0 Å². The van der Waals surface area contributed by atoms with Crippen molar-refractivity contribution in [2.45, 2.75) is 77.0 Å². The van der Waals surface area contributed by atoms with E-state index in [9.17, 15) is 4.79 Å². The number of aldehydes is 1. The molecule has 0 aromatic heterocycles. The highest BCUT2D eigenvalue weighted by molar-refractivity contribution is 6.74. The van der Waals surface area contributed by atoms with Crippen LogP contribution in [-0.2, 0) is 14.0 Å². The van der Waals surface area contributed by atoms with Gasteiger partial charge in [0.25, 0.3) is 0 Å². The molecule has 1 heterocycles. The van der Waals surface area contributed by atoms with Crippen LogP contribution in [0.3, 0.4) is 0 Å². The van der Waals surface area contributed by atoms with Crippen LogP contribution in [-0.4, -0.2) is 31.9 Å². The normalized spacial score (nSPS) is 28.7. The quantitative estimate of drug-likeness (QED) is 0.334. The van der Waals surface area contributed by atoms with Crippen molar-refractivity contribution in [3.8, 4) is 0 Å². The van der Waals surface area contributed by atoms with Crippen molar-refractivity contribution in [2.24, 2.45) is 0 Å². The summed E-state index contributed by atoms with van der Waals surface area (Å²) < 4.78 is 11.7. The molecule has 0 unspecified atom stereocenters. The zero-order chi connectivity index (χ0) is 15.1. The zero-order valence-corrected chi connectivity index (χ0v) is 14.5. The Labute approximate surface area is 118 Å². The number of epoxide rings is 1. The largest absolute Gasteiger partial charge is 0.409 e. The maximum atomic E-state index is 10.8. The monoisotopic (exact) mass is 284 g/mol. The van der Waals surface area contributed by atoms with E-state index in [1.165, 1.54) is 0 Å². The fourth-order valence-electron chi connectivity index (χ4n) is 1.73. The van der Waals surface area contributed by atoms with Crippen molar-refractivity contribution in [3.63, 3.8) is 0 Å². The van der Waals surface area contributed by atoms with E-state index in [0.29, 0.717) is 0 Å². The van der Waals surface area contributed by atoms with Gasteiger partial charge >= 0.3 is 0 Å². The first-order chi connectivity index (χ1) is 8.33. The molecule has 3 nitrogen and oxygen atoms in total. The molecule has 0 aliphatic carbocycles. The minimum atomic E-state index is -1.80. The van der Waals surface area contributed by atoms with Gasteiger partial charge in [0.15, 0.2) is 20.2 Å². The van der Waals surface area contributed by atoms with Gasteiger partial charge in [0, 0.05) is 0 Å². The van der Waals surface area contributed by atoms with Crippen molar-refractivity contribution >= 4 is 14.6 Å². The summed E-state index contributed by atoms with van der Waals surface area (Å²) in [6, 6.07) is 0. The highest BCUT2D eigenvalue weighted by atomic mass is 28.4. The Morgan fingerprint density at radius 3 is 2.11 bits per heavy atom. The fourth-order valence-corrected chi connectivity index (χ4v) is 3.42. The molecule has 0 bridgehead atoms. The second-order valence-electron chi connectivity index (χ2n) is 7.67. The van der Waals surface area contributed by atoms with Gasteiger partial charge in [-0.2, -0.15) is 0 Å². The zero-order valence-electron chi connectivity index (χ0n) is 13.5. The average Bonchev–Trinajstić information content (AvgIpc) is 2.85. The molecule has 1 rings (SSSR count). The molecule has 0 aromatic rings. The minimum absolute atomic E-state index is 0.104. The summed E-state index contributed by atoms with van der Waals surface area (Å²) in [5, 5.41) is 0.186. The third-order valence-corrected chi connectivity index (χ3v) is 8.77. The van der Waals surface area contributed by atoms with E-state index in [0.717, 1.165) is 6.29 Å². The lowest BCUT2D eigenvalue weighted by Gasteiger charge is -2.41. The number of ether oxygens (including phenoxy) is 1. The van der Waals surface area contributed by atoms with Gasteiger partial charge < -0.3 is 14.0 Å². The molecule has 0 saturated carbocycles. The molecule has 1 aliphatic rings. The lowest BCUT2D eigenvalue weighted by atomic mass is 10.1. The van der Waals surface area contributed by atoms with Gasteiger partial charge in [-0.15, -0.1) is 0 Å². The molecule has 110 valence electrons. The van der Waals surface area contributed by atoms with Crippen molar-refractivity contribution in [3.05, 3.63) is 12.2 Å². The van der Waals surface area contributed by atoms with Gasteiger partial charge in [0.05, 0.1) is 5.60 Å². The maximum absolute atomic E-state index is 10.8. The first-order valence-corrected chi connectivity index (χ1v) is 9.77. The molecule has 0 aromatic carbocycles. The molecule has 4 heteroatoms. The Morgan fingerprint density at radius 2 is 1.74 bits per heavy atom. The summed E-state index contributed by atoms with van der Waals surface area (Å²) in [7, 11) is -1.80. The maximum Gasteiger partial charge on any atom is 0.193 e. The van der Waals surface area contributed by atoms with Crippen LogP contribution < -0.4 is 0 Å². The van der Waals surface area contributed by atoms with Gasteiger partial charge in [0.1, 0.15) is 6.10 Å². The Kier molecular flexibility index (Phi) is 4.22. The lowest BCUT2D eigenvalue weighted by Crippen LogP contribution is -2.46. The Morgan fingerprint density at radius 1 is 1.21 bits per heavy atom. The van der Waals surface area contributed by atoms with Gasteiger partial charge in [-0.3, -0.25) is 0 Å². The number of rotatable bonds is 5. The van der Waals surface area contributed by atoms with E-state index in [-0.39, 0.29) is 16.7 Å². The second-order valence-corrected chi connectivity index (χ2v) is 12.4. The van der Waals surface area contributed by atoms with Gasteiger partial charge in [-0.1, -0.05) is 32.9 Å². The molecular weight excluding hydrogens is 256 g/mol. The molecule has 0 amide bonds. The van der Waals surface area contributed by atoms with E-state index in [4.69, 9.17) is 9.16 Å². The predicted octanol–water partition coefficient (Wildman–Crippen LogP) is 3.70. The number of carbonyl (C=O) groups excluding carboxylic acids is 1. The number of hydrogen-bond donors (Lipinski definition) is 0. The SMILES string of the molecule is CC(C)(/C=C\[C@@H]1O[C@@]1(C)C=O)O[Si](C)(C)C(C)(C)C. The molecule has 0 radical (unpaired) electrons. The molecule has 1 aliphatic heterocycles. The highest BCUT2D eigenvalue weighted by Crippen LogP contribution is 2.40. The van der Waals surface area contributed by atoms with Crippen LogP contribution >= 0.6 is 0 Å². The average molecular weight is 284 g/mol. The van der Waals surface area contributed by atoms with E-state index in [1.54, 1.807) is 6.92 Å². The molecule has 2 atom stereocenters. The van der Waals surface area contributed by atoms with Crippen molar-refractivity contribution < 1.29 is 14.0 Å². The van der Waals surface area contributed by atoms with Gasteiger partial charge in [-0.05, 0) is 38.9 Å². The third kappa shape index (κ3) is 4.00. The standard InChI is InChI=1S/C15H28O3Si/c1-13(2,3)19(7,8)18-14(4,5)10-9-12-15(6,11-16)17-12/h9-12H,1-8H3/b10-9-/t12-,15-/m0/s1. The minimum Gasteiger partial charge on any atom is -0.409 e. The summed E-state index contributed by atoms with van der Waals surface area (Å²) in [4.78, 5) is 10.8. The van der Waals surface area contributed by atoms with E-state index < -0.39 is 13.9 Å². The fraction of sp³-hybridized carbons (Fsp3) is 0.800. The summed E-state index contributed by atoms with van der Waals surface area (Å²) in [5.74, 6) is 0. The summed E-state index contributed by atoms with van der Waals surface area (Å²) in [5.41, 5.74) is -0.956. The van der Waals surface area contributed by atoms with Crippen molar-refractivity contribution in [1.29, 1.82) is 0 Å². The first kappa shape index (κ1) is 16.6. The Hall–Kier alpha value is -0.453. The molecule has 1 saturated heterocycles. The summed E-state index contributed by atoms with van der Waals surface area (Å²) in [6.07, 6.45) is 4.73. The molecular formula is C15H28O3Si. The first-order valence-electron chi connectivity index (χ1n) is 6.87. The smallest absolute Gasteiger partial charge is 0.193 e. The van der Waals surface area contributed by atoms with Gasteiger partial charge in [0.2, 0.25) is 0 Å². The van der Waals surface area contributed by atoms with E-state index in [1.807, 2.05) is 12.2 Å².